The maximum absolute atomic E-state index is 8.46. The molecule has 1 aromatic rings. The van der Waals surface area contributed by atoms with Crippen LogP contribution in [-0.4, -0.2) is 5.33 Å². The Kier molecular flexibility index (Phi) is 4.28. The van der Waals surface area contributed by atoms with Crippen LogP contribution in [0.1, 0.15) is 11.1 Å². The Balaban J connectivity index is 2.70. The highest BCUT2D eigenvalue weighted by molar-refractivity contribution is 9.09. The van der Waals surface area contributed by atoms with Gasteiger partial charge in [-0.1, -0.05) is 52.3 Å². The monoisotopic (exact) mass is 235 g/mol. The van der Waals surface area contributed by atoms with Crippen LogP contribution in [-0.2, 0) is 6.42 Å². The highest BCUT2D eigenvalue weighted by Gasteiger charge is 1.90. The molecule has 0 aromatic heterocycles. The number of hydrogen-bond donors (Lipinski definition) is 0. The smallest absolute Gasteiger partial charge is 0.0669 e. The van der Waals surface area contributed by atoms with Gasteiger partial charge in [-0.25, -0.2) is 0 Å². The van der Waals surface area contributed by atoms with E-state index in [2.05, 4.69) is 22.0 Å². The molecular weight excluding hydrogens is 226 g/mol. The molecule has 0 N–H and O–H groups in total. The van der Waals surface area contributed by atoms with Gasteiger partial charge < -0.3 is 0 Å². The number of alkyl halides is 1. The Hall–Kier alpha value is -1.07. The van der Waals surface area contributed by atoms with Crippen molar-refractivity contribution in [2.45, 2.75) is 6.42 Å². The van der Waals surface area contributed by atoms with Gasteiger partial charge in [0.15, 0.2) is 0 Å². The van der Waals surface area contributed by atoms with Gasteiger partial charge >= 0.3 is 0 Å². The zero-order chi connectivity index (χ0) is 9.52. The first-order valence-electron chi connectivity index (χ1n) is 4.05. The highest BCUT2D eigenvalue weighted by atomic mass is 79.9. The molecule has 0 unspecified atom stereocenters. The summed E-state index contributed by atoms with van der Waals surface area (Å²) in [7, 11) is 0. The number of benzene rings is 1. The van der Waals surface area contributed by atoms with Crippen molar-refractivity contribution in [3.8, 4) is 6.07 Å². The van der Waals surface area contributed by atoms with Gasteiger partial charge in [0, 0.05) is 5.33 Å². The summed E-state index contributed by atoms with van der Waals surface area (Å²) in [5.41, 5.74) is 2.24. The summed E-state index contributed by atoms with van der Waals surface area (Å²) < 4.78 is 0. The molecule has 0 radical (unpaired) electrons. The van der Waals surface area contributed by atoms with Gasteiger partial charge in [-0.05, 0) is 11.1 Å². The van der Waals surface area contributed by atoms with Crippen molar-refractivity contribution < 1.29 is 0 Å². The summed E-state index contributed by atoms with van der Waals surface area (Å²) in [4.78, 5) is 0. The van der Waals surface area contributed by atoms with Gasteiger partial charge in [0.2, 0.25) is 0 Å². The molecule has 1 rings (SSSR count). The van der Waals surface area contributed by atoms with Crippen LogP contribution in [0.4, 0.5) is 0 Å². The number of halogens is 1. The van der Waals surface area contributed by atoms with Crippen molar-refractivity contribution >= 4 is 22.0 Å². The van der Waals surface area contributed by atoms with E-state index < -0.39 is 0 Å². The van der Waals surface area contributed by atoms with Crippen molar-refractivity contribution in [2.75, 3.05) is 5.33 Å². The Labute approximate surface area is 86.8 Å². The molecule has 0 fully saturated rings. The third-order valence-corrected chi connectivity index (χ3v) is 2.04. The van der Waals surface area contributed by atoms with Gasteiger partial charge in [-0.3, -0.25) is 0 Å². The topological polar surface area (TPSA) is 23.8 Å². The number of nitriles is 1. The lowest BCUT2D eigenvalue weighted by Gasteiger charge is -1.95. The number of hydrogen-bond acceptors (Lipinski definition) is 1. The fourth-order valence-corrected chi connectivity index (χ4v) is 1.21. The third-order valence-electron chi connectivity index (χ3n) is 1.66. The highest BCUT2D eigenvalue weighted by Crippen LogP contribution is 2.06. The summed E-state index contributed by atoms with van der Waals surface area (Å²) in [6.45, 7) is 0. The van der Waals surface area contributed by atoms with E-state index in [4.69, 9.17) is 5.26 Å². The molecular formula is C11H10BrN. The lowest BCUT2D eigenvalue weighted by atomic mass is 10.1. The SMILES string of the molecule is N#CCc1ccc(C=CCBr)cc1. The van der Waals surface area contributed by atoms with Crippen LogP contribution >= 0.6 is 15.9 Å². The van der Waals surface area contributed by atoms with Gasteiger partial charge in [0.25, 0.3) is 0 Å². The van der Waals surface area contributed by atoms with Crippen molar-refractivity contribution in [3.05, 3.63) is 41.5 Å². The average molecular weight is 236 g/mol. The molecule has 0 aliphatic rings. The van der Waals surface area contributed by atoms with Crippen LogP contribution in [0.5, 0.6) is 0 Å². The van der Waals surface area contributed by atoms with E-state index in [1.807, 2.05) is 36.4 Å². The first-order valence-corrected chi connectivity index (χ1v) is 5.17. The van der Waals surface area contributed by atoms with E-state index in [1.54, 1.807) is 0 Å². The Morgan fingerprint density at radius 3 is 2.54 bits per heavy atom. The zero-order valence-corrected chi connectivity index (χ0v) is 8.79. The Morgan fingerprint density at radius 1 is 1.31 bits per heavy atom. The molecule has 0 aliphatic carbocycles. The lowest BCUT2D eigenvalue weighted by Crippen LogP contribution is -1.80. The van der Waals surface area contributed by atoms with Crippen LogP contribution in [0.3, 0.4) is 0 Å². The summed E-state index contributed by atoms with van der Waals surface area (Å²) in [5.74, 6) is 0. The van der Waals surface area contributed by atoms with Crippen LogP contribution in [0.25, 0.3) is 6.08 Å². The van der Waals surface area contributed by atoms with E-state index in [-0.39, 0.29) is 0 Å². The van der Waals surface area contributed by atoms with Gasteiger partial charge in [0.05, 0.1) is 12.5 Å². The molecule has 1 nitrogen and oxygen atoms in total. The average Bonchev–Trinajstić information content (AvgIpc) is 2.17. The summed E-state index contributed by atoms with van der Waals surface area (Å²) in [6.07, 6.45) is 4.58. The quantitative estimate of drug-likeness (QED) is 0.739. The zero-order valence-electron chi connectivity index (χ0n) is 7.20. The van der Waals surface area contributed by atoms with Gasteiger partial charge in [-0.2, -0.15) is 5.26 Å². The number of nitrogens with zero attached hydrogens (tertiary/aromatic N) is 1. The van der Waals surface area contributed by atoms with Crippen LogP contribution in [0, 0.1) is 11.3 Å². The summed E-state index contributed by atoms with van der Waals surface area (Å²) in [6, 6.07) is 10.1. The van der Waals surface area contributed by atoms with Gasteiger partial charge in [0.1, 0.15) is 0 Å². The molecule has 66 valence electrons. The van der Waals surface area contributed by atoms with E-state index in [1.165, 1.54) is 5.56 Å². The molecule has 2 heteroatoms. The molecule has 1 aromatic carbocycles. The molecule has 0 amide bonds. The van der Waals surface area contributed by atoms with Crippen molar-refractivity contribution in [1.82, 2.24) is 0 Å². The molecule has 0 spiro atoms. The van der Waals surface area contributed by atoms with Crippen molar-refractivity contribution in [1.29, 1.82) is 5.26 Å². The molecule has 0 aliphatic heterocycles. The minimum Gasteiger partial charge on any atom is -0.198 e. The van der Waals surface area contributed by atoms with Crippen LogP contribution in [0.2, 0.25) is 0 Å². The van der Waals surface area contributed by atoms with E-state index in [0.717, 1.165) is 10.9 Å². The maximum atomic E-state index is 8.46. The van der Waals surface area contributed by atoms with Crippen molar-refractivity contribution in [3.63, 3.8) is 0 Å². The fourth-order valence-electron chi connectivity index (χ4n) is 1.02. The molecule has 0 atom stereocenters. The molecule has 0 saturated carbocycles. The van der Waals surface area contributed by atoms with E-state index in [0.29, 0.717) is 6.42 Å². The van der Waals surface area contributed by atoms with E-state index in [9.17, 15) is 0 Å². The van der Waals surface area contributed by atoms with Crippen LogP contribution in [0.15, 0.2) is 30.3 Å². The summed E-state index contributed by atoms with van der Waals surface area (Å²) in [5, 5.41) is 9.33. The summed E-state index contributed by atoms with van der Waals surface area (Å²) >= 11 is 3.32. The van der Waals surface area contributed by atoms with Gasteiger partial charge in [-0.15, -0.1) is 0 Å². The molecule has 0 heterocycles. The second-order valence-corrected chi connectivity index (χ2v) is 3.28. The van der Waals surface area contributed by atoms with Crippen LogP contribution < -0.4 is 0 Å². The Morgan fingerprint density at radius 2 is 2.00 bits per heavy atom. The third kappa shape index (κ3) is 3.43. The minimum atomic E-state index is 0.489. The van der Waals surface area contributed by atoms with E-state index >= 15 is 0 Å². The first kappa shape index (κ1) is 10.0. The predicted molar refractivity (Wildman–Crippen MR) is 58.6 cm³/mol. The second kappa shape index (κ2) is 5.55. The molecule has 0 bridgehead atoms. The number of rotatable bonds is 3. The second-order valence-electron chi connectivity index (χ2n) is 2.63. The standard InChI is InChI=1S/C11H10BrN/c12-8-1-2-10-3-5-11(6-4-10)7-9-13/h1-6H,7-8H2. The lowest BCUT2D eigenvalue weighted by molar-refractivity contribution is 1.26. The fraction of sp³-hybridized carbons (Fsp3) is 0.182. The normalized spacial score (nSPS) is 10.2. The Bertz CT molecular complexity index is 319. The number of allylic oxidation sites excluding steroid dienone is 1. The molecule has 13 heavy (non-hydrogen) atoms. The molecule has 0 saturated heterocycles. The maximum Gasteiger partial charge on any atom is 0.0669 e. The first-order chi connectivity index (χ1) is 6.36. The predicted octanol–water partition coefficient (Wildman–Crippen LogP) is 3.16. The largest absolute Gasteiger partial charge is 0.198 e. The minimum absolute atomic E-state index is 0.489. The van der Waals surface area contributed by atoms with Crippen molar-refractivity contribution in [2.24, 2.45) is 0 Å².